The molecule has 1 rings (SSSR count). The van der Waals surface area contributed by atoms with Crippen molar-refractivity contribution in [3.8, 4) is 5.88 Å². The Morgan fingerprint density at radius 2 is 2.31 bits per heavy atom. The summed E-state index contributed by atoms with van der Waals surface area (Å²) < 4.78 is 10.8. The van der Waals surface area contributed by atoms with Crippen molar-refractivity contribution in [3.63, 3.8) is 0 Å². The summed E-state index contributed by atoms with van der Waals surface area (Å²) in [5.41, 5.74) is 1.03. The molecule has 1 atom stereocenters. The second-order valence-electron chi connectivity index (χ2n) is 3.52. The molecule has 90 valence electrons. The fraction of sp³-hybridized carbons (Fsp3) is 0.583. The Kier molecular flexibility index (Phi) is 5.82. The number of nitrogens with one attached hydrogen (secondary N) is 1. The van der Waals surface area contributed by atoms with E-state index in [1.165, 1.54) is 0 Å². The lowest BCUT2D eigenvalue weighted by molar-refractivity contribution is 0.113. The summed E-state index contributed by atoms with van der Waals surface area (Å²) in [5.74, 6) is 0.655. The maximum absolute atomic E-state index is 5.54. The zero-order chi connectivity index (χ0) is 11.8. The number of ether oxygens (including phenoxy) is 2. The van der Waals surface area contributed by atoms with Crippen LogP contribution in [0.25, 0.3) is 0 Å². The van der Waals surface area contributed by atoms with Gasteiger partial charge in [0.15, 0.2) is 0 Å². The van der Waals surface area contributed by atoms with Gasteiger partial charge in [-0.1, -0.05) is 13.0 Å². The first kappa shape index (κ1) is 12.9. The molecule has 0 aliphatic carbocycles. The Balaban J connectivity index is 2.69. The number of methoxy groups -OCH3 is 1. The average molecular weight is 224 g/mol. The lowest BCUT2D eigenvalue weighted by atomic mass is 10.1. The summed E-state index contributed by atoms with van der Waals surface area (Å²) in [5, 5.41) is 3.21. The third-order valence-electron chi connectivity index (χ3n) is 2.35. The number of likely N-dealkylation sites (N-methyl/N-ethyl adjacent to an activating group) is 1. The SMILES string of the molecule is CCCOCC(NC)c1cccnc1OC. The number of pyridine rings is 1. The molecule has 0 aliphatic heterocycles. The first-order valence-corrected chi connectivity index (χ1v) is 5.57. The monoisotopic (exact) mass is 224 g/mol. The maximum atomic E-state index is 5.54. The van der Waals surface area contributed by atoms with Crippen LogP contribution in [0.4, 0.5) is 0 Å². The summed E-state index contributed by atoms with van der Waals surface area (Å²) in [7, 11) is 3.54. The van der Waals surface area contributed by atoms with Crippen LogP contribution in [0.5, 0.6) is 5.88 Å². The number of aromatic nitrogens is 1. The van der Waals surface area contributed by atoms with Gasteiger partial charge >= 0.3 is 0 Å². The van der Waals surface area contributed by atoms with Crippen molar-refractivity contribution in [2.75, 3.05) is 27.4 Å². The van der Waals surface area contributed by atoms with Gasteiger partial charge in [0.1, 0.15) is 0 Å². The van der Waals surface area contributed by atoms with Crippen LogP contribution in [0.15, 0.2) is 18.3 Å². The van der Waals surface area contributed by atoms with Gasteiger partial charge in [0.05, 0.1) is 19.8 Å². The third kappa shape index (κ3) is 3.47. The van der Waals surface area contributed by atoms with Gasteiger partial charge in [-0.25, -0.2) is 4.98 Å². The Labute approximate surface area is 97.0 Å². The lowest BCUT2D eigenvalue weighted by Gasteiger charge is -2.18. The van der Waals surface area contributed by atoms with Crippen LogP contribution in [0, 0.1) is 0 Å². The predicted molar refractivity (Wildman–Crippen MR) is 63.7 cm³/mol. The van der Waals surface area contributed by atoms with Crippen molar-refractivity contribution in [1.82, 2.24) is 10.3 Å². The third-order valence-corrected chi connectivity index (χ3v) is 2.35. The molecule has 0 amide bonds. The minimum Gasteiger partial charge on any atom is -0.481 e. The van der Waals surface area contributed by atoms with Gasteiger partial charge in [-0.3, -0.25) is 0 Å². The van der Waals surface area contributed by atoms with Crippen LogP contribution in [-0.4, -0.2) is 32.4 Å². The van der Waals surface area contributed by atoms with Crippen molar-refractivity contribution in [1.29, 1.82) is 0 Å². The lowest BCUT2D eigenvalue weighted by Crippen LogP contribution is -2.22. The highest BCUT2D eigenvalue weighted by Gasteiger charge is 2.14. The molecule has 4 nitrogen and oxygen atoms in total. The predicted octanol–water partition coefficient (Wildman–Crippen LogP) is 1.78. The maximum Gasteiger partial charge on any atom is 0.217 e. The largest absolute Gasteiger partial charge is 0.481 e. The van der Waals surface area contributed by atoms with Crippen LogP contribution in [0.3, 0.4) is 0 Å². The summed E-state index contributed by atoms with van der Waals surface area (Å²) in [6.45, 7) is 3.51. The summed E-state index contributed by atoms with van der Waals surface area (Å²) >= 11 is 0. The van der Waals surface area contributed by atoms with Gasteiger partial charge in [-0.05, 0) is 19.5 Å². The Bertz CT molecular complexity index is 305. The van der Waals surface area contributed by atoms with E-state index in [1.807, 2.05) is 19.2 Å². The molecule has 0 aromatic carbocycles. The molecule has 1 aromatic heterocycles. The second-order valence-corrected chi connectivity index (χ2v) is 3.52. The van der Waals surface area contributed by atoms with Gasteiger partial charge in [-0.15, -0.1) is 0 Å². The quantitative estimate of drug-likeness (QED) is 0.717. The van der Waals surface area contributed by atoms with E-state index >= 15 is 0 Å². The van der Waals surface area contributed by atoms with Crippen LogP contribution in [-0.2, 0) is 4.74 Å². The number of hydrogen-bond acceptors (Lipinski definition) is 4. The van der Waals surface area contributed by atoms with E-state index in [2.05, 4.69) is 17.2 Å². The number of nitrogens with zero attached hydrogens (tertiary/aromatic N) is 1. The molecule has 4 heteroatoms. The van der Waals surface area contributed by atoms with Crippen LogP contribution in [0.2, 0.25) is 0 Å². The Morgan fingerprint density at radius 3 is 2.94 bits per heavy atom. The van der Waals surface area contributed by atoms with E-state index in [-0.39, 0.29) is 6.04 Å². The van der Waals surface area contributed by atoms with Crippen molar-refractivity contribution in [2.24, 2.45) is 0 Å². The molecule has 1 heterocycles. The molecular formula is C12H20N2O2. The minimum atomic E-state index is 0.121. The minimum absolute atomic E-state index is 0.121. The highest BCUT2D eigenvalue weighted by molar-refractivity contribution is 5.28. The summed E-state index contributed by atoms with van der Waals surface area (Å²) in [4.78, 5) is 4.18. The normalized spacial score (nSPS) is 12.4. The van der Waals surface area contributed by atoms with Gasteiger partial charge in [0, 0.05) is 18.4 Å². The molecule has 0 spiro atoms. The van der Waals surface area contributed by atoms with Crippen LogP contribution >= 0.6 is 0 Å². The molecular weight excluding hydrogens is 204 g/mol. The molecule has 0 saturated carbocycles. The molecule has 0 saturated heterocycles. The van der Waals surface area contributed by atoms with Crippen LogP contribution < -0.4 is 10.1 Å². The Morgan fingerprint density at radius 1 is 1.50 bits per heavy atom. The highest BCUT2D eigenvalue weighted by Crippen LogP contribution is 2.22. The molecule has 0 bridgehead atoms. The fourth-order valence-electron chi connectivity index (χ4n) is 1.51. The molecule has 1 N–H and O–H groups in total. The zero-order valence-electron chi connectivity index (χ0n) is 10.2. The van der Waals surface area contributed by atoms with Crippen molar-refractivity contribution in [2.45, 2.75) is 19.4 Å². The van der Waals surface area contributed by atoms with Gasteiger partial charge in [0.25, 0.3) is 0 Å². The van der Waals surface area contributed by atoms with Gasteiger partial charge < -0.3 is 14.8 Å². The van der Waals surface area contributed by atoms with Crippen molar-refractivity contribution < 1.29 is 9.47 Å². The molecule has 1 aromatic rings. The highest BCUT2D eigenvalue weighted by atomic mass is 16.5. The van der Waals surface area contributed by atoms with Crippen molar-refractivity contribution >= 4 is 0 Å². The van der Waals surface area contributed by atoms with E-state index < -0.39 is 0 Å². The topological polar surface area (TPSA) is 43.4 Å². The fourth-order valence-corrected chi connectivity index (χ4v) is 1.51. The summed E-state index contributed by atoms with van der Waals surface area (Å²) in [6, 6.07) is 4.03. The second kappa shape index (κ2) is 7.19. The molecule has 0 fully saturated rings. The Hall–Kier alpha value is -1.13. The standard InChI is InChI=1S/C12H20N2O2/c1-4-8-16-9-11(13-2)10-6-5-7-14-12(10)15-3/h5-7,11,13H,4,8-9H2,1-3H3. The van der Waals surface area contributed by atoms with Gasteiger partial charge in [-0.2, -0.15) is 0 Å². The molecule has 0 radical (unpaired) electrons. The van der Waals surface area contributed by atoms with E-state index in [0.29, 0.717) is 12.5 Å². The van der Waals surface area contributed by atoms with Crippen LogP contribution in [0.1, 0.15) is 24.9 Å². The van der Waals surface area contributed by atoms with Gasteiger partial charge in [0.2, 0.25) is 5.88 Å². The van der Waals surface area contributed by atoms with E-state index in [0.717, 1.165) is 18.6 Å². The number of hydrogen-bond donors (Lipinski definition) is 1. The number of rotatable bonds is 7. The molecule has 0 aliphatic rings. The first-order valence-electron chi connectivity index (χ1n) is 5.57. The molecule has 16 heavy (non-hydrogen) atoms. The first-order chi connectivity index (χ1) is 7.83. The van der Waals surface area contributed by atoms with Crippen molar-refractivity contribution in [3.05, 3.63) is 23.9 Å². The van der Waals surface area contributed by atoms with E-state index in [1.54, 1.807) is 13.3 Å². The zero-order valence-corrected chi connectivity index (χ0v) is 10.2. The van der Waals surface area contributed by atoms with E-state index in [9.17, 15) is 0 Å². The smallest absolute Gasteiger partial charge is 0.217 e. The molecule has 1 unspecified atom stereocenters. The average Bonchev–Trinajstić information content (AvgIpc) is 2.35. The summed E-state index contributed by atoms with van der Waals surface area (Å²) in [6.07, 6.45) is 2.75. The van der Waals surface area contributed by atoms with E-state index in [4.69, 9.17) is 9.47 Å².